The lowest BCUT2D eigenvalue weighted by molar-refractivity contribution is -0.142. The van der Waals surface area contributed by atoms with E-state index in [-0.39, 0.29) is 25.0 Å². The first-order chi connectivity index (χ1) is 12.4. The van der Waals surface area contributed by atoms with Gasteiger partial charge in [0, 0.05) is 23.6 Å². The Morgan fingerprint density at radius 1 is 1.04 bits per heavy atom. The number of carbonyl (C=O) groups is 2. The lowest BCUT2D eigenvalue weighted by Crippen LogP contribution is -2.48. The number of halogens is 2. The van der Waals surface area contributed by atoms with Crippen LogP contribution in [-0.4, -0.2) is 36.4 Å². The summed E-state index contributed by atoms with van der Waals surface area (Å²) >= 11 is 11.7. The number of carbonyl (C=O) groups excluding carboxylic acids is 2. The molecule has 0 bridgehead atoms. The fourth-order valence-electron chi connectivity index (χ4n) is 2.34. The second-order valence-electron chi connectivity index (χ2n) is 5.68. The maximum Gasteiger partial charge on any atom is 0.261 e. The summed E-state index contributed by atoms with van der Waals surface area (Å²) in [5, 5.41) is 3.76. The Morgan fingerprint density at radius 2 is 1.58 bits per heavy atom. The Kier molecular flexibility index (Phi) is 7.30. The van der Waals surface area contributed by atoms with Crippen LogP contribution in [0.1, 0.15) is 12.5 Å². The van der Waals surface area contributed by atoms with Gasteiger partial charge in [0.1, 0.15) is 11.8 Å². The molecule has 138 valence electrons. The van der Waals surface area contributed by atoms with E-state index in [1.165, 1.54) is 11.9 Å². The predicted molar refractivity (Wildman–Crippen MR) is 102 cm³/mol. The molecule has 1 N–H and O–H groups in total. The zero-order chi connectivity index (χ0) is 19.1. The molecule has 2 amide bonds. The summed E-state index contributed by atoms with van der Waals surface area (Å²) in [6, 6.07) is 13.2. The van der Waals surface area contributed by atoms with Crippen LogP contribution in [0.5, 0.6) is 5.75 Å². The molecule has 5 nitrogen and oxygen atoms in total. The van der Waals surface area contributed by atoms with Crippen molar-refractivity contribution in [2.24, 2.45) is 0 Å². The van der Waals surface area contributed by atoms with E-state index >= 15 is 0 Å². The van der Waals surface area contributed by atoms with Crippen LogP contribution in [0.4, 0.5) is 0 Å². The second-order valence-corrected chi connectivity index (χ2v) is 6.55. The average Bonchev–Trinajstić information content (AvgIpc) is 2.65. The molecule has 2 aromatic rings. The molecule has 26 heavy (non-hydrogen) atoms. The average molecular weight is 395 g/mol. The fraction of sp³-hybridized carbons (Fsp3) is 0.263. The highest BCUT2D eigenvalue weighted by Crippen LogP contribution is 2.17. The van der Waals surface area contributed by atoms with Crippen molar-refractivity contribution in [3.8, 4) is 5.75 Å². The van der Waals surface area contributed by atoms with E-state index in [2.05, 4.69) is 5.32 Å². The van der Waals surface area contributed by atoms with Crippen LogP contribution in [0.25, 0.3) is 0 Å². The van der Waals surface area contributed by atoms with Crippen LogP contribution in [0, 0.1) is 0 Å². The molecule has 0 heterocycles. The van der Waals surface area contributed by atoms with E-state index in [0.29, 0.717) is 15.8 Å². The number of likely N-dealkylation sites (N-methyl/N-ethyl adjacent to an activating group) is 1. The number of nitrogens with one attached hydrogen (secondary N) is 1. The molecular weight excluding hydrogens is 375 g/mol. The van der Waals surface area contributed by atoms with E-state index in [4.69, 9.17) is 27.9 Å². The van der Waals surface area contributed by atoms with Crippen LogP contribution >= 0.6 is 23.2 Å². The molecule has 0 aliphatic carbocycles. The Morgan fingerprint density at radius 3 is 2.12 bits per heavy atom. The van der Waals surface area contributed by atoms with Gasteiger partial charge in [-0.1, -0.05) is 35.3 Å². The monoisotopic (exact) mass is 394 g/mol. The molecule has 0 saturated carbocycles. The number of nitrogens with zero attached hydrogens (tertiary/aromatic N) is 1. The summed E-state index contributed by atoms with van der Waals surface area (Å²) < 4.78 is 5.52. The Balaban J connectivity index is 2.10. The number of ether oxygens (including phenoxy) is 1. The van der Waals surface area contributed by atoms with Gasteiger partial charge in [-0.25, -0.2) is 0 Å². The van der Waals surface area contributed by atoms with Gasteiger partial charge in [-0.3, -0.25) is 9.59 Å². The molecule has 0 spiro atoms. The minimum absolute atomic E-state index is 0.184. The number of amides is 2. The minimum Gasteiger partial charge on any atom is -0.484 e. The summed E-state index contributed by atoms with van der Waals surface area (Å²) in [5.74, 6) is -0.0217. The van der Waals surface area contributed by atoms with Crippen LogP contribution in [0.3, 0.4) is 0 Å². The quantitative estimate of drug-likeness (QED) is 0.780. The Bertz CT molecular complexity index is 748. The first-order valence-corrected chi connectivity index (χ1v) is 8.80. The van der Waals surface area contributed by atoms with Crippen molar-refractivity contribution in [3.05, 3.63) is 64.1 Å². The van der Waals surface area contributed by atoms with Gasteiger partial charge in [-0.15, -0.1) is 0 Å². The van der Waals surface area contributed by atoms with Crippen molar-refractivity contribution >= 4 is 35.0 Å². The zero-order valence-corrected chi connectivity index (χ0v) is 16.1. The van der Waals surface area contributed by atoms with Gasteiger partial charge in [0.15, 0.2) is 6.61 Å². The molecule has 7 heteroatoms. The van der Waals surface area contributed by atoms with E-state index < -0.39 is 6.04 Å². The van der Waals surface area contributed by atoms with Gasteiger partial charge in [-0.05, 0) is 48.9 Å². The highest BCUT2D eigenvalue weighted by atomic mass is 35.5. The SMILES string of the molecule is CNC(=O)[C@H](C)N(Cc1ccc(Cl)cc1)C(=O)COc1ccc(Cl)cc1. The summed E-state index contributed by atoms with van der Waals surface area (Å²) in [6.45, 7) is 1.76. The van der Waals surface area contributed by atoms with Crippen molar-refractivity contribution < 1.29 is 14.3 Å². The minimum atomic E-state index is -0.642. The third kappa shape index (κ3) is 5.64. The Labute approximate surface area is 162 Å². The Hall–Kier alpha value is -2.24. The lowest BCUT2D eigenvalue weighted by atomic mass is 10.1. The summed E-state index contributed by atoms with van der Waals surface area (Å²) in [6.07, 6.45) is 0. The number of hydrogen-bond acceptors (Lipinski definition) is 3. The van der Waals surface area contributed by atoms with E-state index in [1.54, 1.807) is 43.3 Å². The van der Waals surface area contributed by atoms with Crippen molar-refractivity contribution in [2.75, 3.05) is 13.7 Å². The van der Waals surface area contributed by atoms with Crippen molar-refractivity contribution in [2.45, 2.75) is 19.5 Å². The molecule has 0 saturated heterocycles. The predicted octanol–water partition coefficient (Wildman–Crippen LogP) is 3.54. The molecule has 0 aliphatic rings. The molecule has 1 atom stereocenters. The normalized spacial score (nSPS) is 11.5. The van der Waals surface area contributed by atoms with Gasteiger partial charge in [-0.2, -0.15) is 0 Å². The summed E-state index contributed by atoms with van der Waals surface area (Å²) in [4.78, 5) is 26.2. The molecule has 0 aliphatic heterocycles. The number of benzene rings is 2. The molecular formula is C19H20Cl2N2O3. The summed E-state index contributed by atoms with van der Waals surface area (Å²) in [7, 11) is 1.54. The maximum absolute atomic E-state index is 12.7. The zero-order valence-electron chi connectivity index (χ0n) is 14.5. The van der Waals surface area contributed by atoms with E-state index in [9.17, 15) is 9.59 Å². The van der Waals surface area contributed by atoms with E-state index in [0.717, 1.165) is 5.56 Å². The molecule has 2 rings (SSSR count). The highest BCUT2D eigenvalue weighted by Gasteiger charge is 2.25. The highest BCUT2D eigenvalue weighted by molar-refractivity contribution is 6.30. The van der Waals surface area contributed by atoms with Crippen molar-refractivity contribution in [1.29, 1.82) is 0 Å². The first kappa shape index (κ1) is 20.1. The molecule has 0 radical (unpaired) electrons. The van der Waals surface area contributed by atoms with Gasteiger partial charge >= 0.3 is 0 Å². The van der Waals surface area contributed by atoms with Crippen LogP contribution in [-0.2, 0) is 16.1 Å². The number of rotatable bonds is 7. The molecule has 2 aromatic carbocycles. The topological polar surface area (TPSA) is 58.6 Å². The van der Waals surface area contributed by atoms with Crippen LogP contribution < -0.4 is 10.1 Å². The van der Waals surface area contributed by atoms with Crippen molar-refractivity contribution in [3.63, 3.8) is 0 Å². The second kappa shape index (κ2) is 9.46. The fourth-order valence-corrected chi connectivity index (χ4v) is 2.59. The molecule has 0 aromatic heterocycles. The lowest BCUT2D eigenvalue weighted by Gasteiger charge is -2.28. The third-order valence-corrected chi connectivity index (χ3v) is 4.36. The van der Waals surface area contributed by atoms with Gasteiger partial charge in [0.25, 0.3) is 5.91 Å². The van der Waals surface area contributed by atoms with E-state index in [1.807, 2.05) is 12.1 Å². The van der Waals surface area contributed by atoms with Gasteiger partial charge in [0.05, 0.1) is 0 Å². The van der Waals surface area contributed by atoms with Gasteiger partial charge < -0.3 is 15.0 Å². The standard InChI is InChI=1S/C19H20Cl2N2O3/c1-13(19(25)22-2)23(11-14-3-5-15(20)6-4-14)18(24)12-26-17-9-7-16(21)8-10-17/h3-10,13H,11-12H2,1-2H3,(H,22,25)/t13-/m0/s1. The first-order valence-electron chi connectivity index (χ1n) is 8.04. The smallest absolute Gasteiger partial charge is 0.261 e. The largest absolute Gasteiger partial charge is 0.484 e. The molecule has 0 fully saturated rings. The third-order valence-electron chi connectivity index (χ3n) is 3.86. The summed E-state index contributed by atoms with van der Waals surface area (Å²) in [5.41, 5.74) is 0.866. The van der Waals surface area contributed by atoms with Crippen LogP contribution in [0.15, 0.2) is 48.5 Å². The van der Waals surface area contributed by atoms with Crippen molar-refractivity contribution in [1.82, 2.24) is 10.2 Å². The maximum atomic E-state index is 12.7. The van der Waals surface area contributed by atoms with Gasteiger partial charge in [0.2, 0.25) is 5.91 Å². The van der Waals surface area contributed by atoms with Crippen LogP contribution in [0.2, 0.25) is 10.0 Å². The molecule has 0 unspecified atom stereocenters. The number of hydrogen-bond donors (Lipinski definition) is 1.